The van der Waals surface area contributed by atoms with Crippen LogP contribution in [-0.2, 0) is 0 Å². The van der Waals surface area contributed by atoms with Crippen molar-refractivity contribution in [1.82, 2.24) is 4.90 Å². The number of carbonyl (C=O) groups excluding carboxylic acids is 1. The number of thiophene rings is 1. The average molecular weight is 263 g/mol. The van der Waals surface area contributed by atoms with Gasteiger partial charge in [-0.25, -0.2) is 0 Å². The number of hydrogen-bond acceptors (Lipinski definition) is 3. The lowest BCUT2D eigenvalue weighted by atomic mass is 10.2. The lowest BCUT2D eigenvalue weighted by Crippen LogP contribution is -2.33. The van der Waals surface area contributed by atoms with Gasteiger partial charge in [-0.2, -0.15) is 0 Å². The largest absolute Gasteiger partial charge is 0.395 e. The predicted octanol–water partition coefficient (Wildman–Crippen LogP) is 2.75. The highest BCUT2D eigenvalue weighted by Crippen LogP contribution is 2.26. The molecule has 4 heteroatoms. The number of aliphatic hydroxyl groups is 1. The van der Waals surface area contributed by atoms with Gasteiger partial charge >= 0.3 is 0 Å². The first-order chi connectivity index (χ1) is 8.76. The maximum atomic E-state index is 12.3. The summed E-state index contributed by atoms with van der Waals surface area (Å²) in [6.45, 7) is 3.13. The zero-order valence-corrected chi connectivity index (χ0v) is 11.2. The molecule has 1 N–H and O–H groups in total. The molecule has 96 valence electrons. The van der Waals surface area contributed by atoms with E-state index in [9.17, 15) is 4.79 Å². The van der Waals surface area contributed by atoms with Gasteiger partial charge in [-0.15, -0.1) is 11.3 Å². The van der Waals surface area contributed by atoms with Crippen LogP contribution < -0.4 is 0 Å². The molecule has 0 fully saturated rings. The van der Waals surface area contributed by atoms with Crippen molar-refractivity contribution in [1.29, 1.82) is 0 Å². The summed E-state index contributed by atoms with van der Waals surface area (Å²) in [6.07, 6.45) is 0.899. The van der Waals surface area contributed by atoms with Crippen LogP contribution >= 0.6 is 11.3 Å². The Labute approximate surface area is 111 Å². The summed E-state index contributed by atoms with van der Waals surface area (Å²) >= 11 is 1.51. The molecule has 0 spiro atoms. The molecule has 3 nitrogen and oxygen atoms in total. The molecule has 0 atom stereocenters. The molecule has 2 aromatic rings. The monoisotopic (exact) mass is 263 g/mol. The van der Waals surface area contributed by atoms with Crippen molar-refractivity contribution in [3.05, 3.63) is 35.2 Å². The first kappa shape index (κ1) is 13.1. The summed E-state index contributed by atoms with van der Waals surface area (Å²) in [6, 6.07) is 9.92. The standard InChI is InChI=1S/C14H17NO2S/c1-2-7-15(8-9-16)14(17)13-10-11-5-3-4-6-12(11)18-13/h3-6,10,16H,2,7-9H2,1H3. The lowest BCUT2D eigenvalue weighted by Gasteiger charge is -2.19. The first-order valence-electron chi connectivity index (χ1n) is 6.15. The second-order valence-electron chi connectivity index (χ2n) is 4.16. The molecule has 0 aliphatic carbocycles. The van der Waals surface area contributed by atoms with E-state index >= 15 is 0 Å². The summed E-state index contributed by atoms with van der Waals surface area (Å²) in [4.78, 5) is 14.8. The van der Waals surface area contributed by atoms with E-state index in [0.717, 1.165) is 21.4 Å². The van der Waals surface area contributed by atoms with Gasteiger partial charge in [0.2, 0.25) is 0 Å². The maximum absolute atomic E-state index is 12.3. The van der Waals surface area contributed by atoms with Crippen LogP contribution in [0.5, 0.6) is 0 Å². The minimum absolute atomic E-state index is 0.0106. The van der Waals surface area contributed by atoms with Gasteiger partial charge in [0.1, 0.15) is 0 Å². The second kappa shape index (κ2) is 5.98. The highest BCUT2D eigenvalue weighted by atomic mass is 32.1. The van der Waals surface area contributed by atoms with Crippen molar-refractivity contribution in [2.45, 2.75) is 13.3 Å². The summed E-state index contributed by atoms with van der Waals surface area (Å²) in [7, 11) is 0. The third-order valence-corrected chi connectivity index (χ3v) is 3.89. The molecule has 0 unspecified atom stereocenters. The van der Waals surface area contributed by atoms with Crippen LogP contribution in [0, 0.1) is 0 Å². The Kier molecular flexibility index (Phi) is 4.33. The molecule has 1 aromatic carbocycles. The summed E-state index contributed by atoms with van der Waals surface area (Å²) in [5.41, 5.74) is 0. The number of amides is 1. The minimum Gasteiger partial charge on any atom is -0.395 e. The molecular formula is C14H17NO2S. The second-order valence-corrected chi connectivity index (χ2v) is 5.25. The fourth-order valence-electron chi connectivity index (χ4n) is 1.95. The Balaban J connectivity index is 2.25. The normalized spacial score (nSPS) is 10.8. The van der Waals surface area contributed by atoms with Crippen LogP contribution in [0.1, 0.15) is 23.0 Å². The third-order valence-electron chi connectivity index (χ3n) is 2.79. The van der Waals surface area contributed by atoms with Crippen molar-refractivity contribution < 1.29 is 9.90 Å². The fourth-order valence-corrected chi connectivity index (χ4v) is 2.98. The van der Waals surface area contributed by atoms with Gasteiger partial charge in [0, 0.05) is 17.8 Å². The Hall–Kier alpha value is -1.39. The van der Waals surface area contributed by atoms with Gasteiger partial charge in [0.15, 0.2) is 0 Å². The molecule has 1 heterocycles. The van der Waals surface area contributed by atoms with Crippen LogP contribution in [0.2, 0.25) is 0 Å². The lowest BCUT2D eigenvalue weighted by molar-refractivity contribution is 0.0727. The Morgan fingerprint density at radius 3 is 2.78 bits per heavy atom. The Morgan fingerprint density at radius 2 is 2.11 bits per heavy atom. The first-order valence-corrected chi connectivity index (χ1v) is 6.96. The van der Waals surface area contributed by atoms with Gasteiger partial charge in [-0.05, 0) is 23.9 Å². The number of benzene rings is 1. The van der Waals surface area contributed by atoms with Crippen molar-refractivity contribution in [2.75, 3.05) is 19.7 Å². The Morgan fingerprint density at radius 1 is 1.33 bits per heavy atom. The van der Waals surface area contributed by atoms with E-state index in [1.807, 2.05) is 37.3 Å². The number of rotatable bonds is 5. The fraction of sp³-hybridized carbons (Fsp3) is 0.357. The Bertz CT molecular complexity index is 496. The predicted molar refractivity (Wildman–Crippen MR) is 75.1 cm³/mol. The molecule has 0 aliphatic heterocycles. The van der Waals surface area contributed by atoms with Crippen molar-refractivity contribution in [2.24, 2.45) is 0 Å². The number of hydrogen-bond donors (Lipinski definition) is 1. The van der Waals surface area contributed by atoms with Crippen LogP contribution in [0.25, 0.3) is 10.1 Å². The van der Waals surface area contributed by atoms with E-state index < -0.39 is 0 Å². The van der Waals surface area contributed by atoms with E-state index in [4.69, 9.17) is 5.11 Å². The van der Waals surface area contributed by atoms with Gasteiger partial charge in [-0.1, -0.05) is 25.1 Å². The zero-order chi connectivity index (χ0) is 13.0. The number of aliphatic hydroxyl groups excluding tert-OH is 1. The van der Waals surface area contributed by atoms with Crippen LogP contribution in [0.4, 0.5) is 0 Å². The smallest absolute Gasteiger partial charge is 0.264 e. The highest BCUT2D eigenvalue weighted by molar-refractivity contribution is 7.20. The van der Waals surface area contributed by atoms with Gasteiger partial charge in [0.05, 0.1) is 11.5 Å². The zero-order valence-electron chi connectivity index (χ0n) is 10.4. The third kappa shape index (κ3) is 2.71. The molecule has 1 amide bonds. The minimum atomic E-state index is 0.0106. The van der Waals surface area contributed by atoms with E-state index in [0.29, 0.717) is 13.1 Å². The maximum Gasteiger partial charge on any atom is 0.264 e. The molecule has 1 aromatic heterocycles. The molecule has 2 rings (SSSR count). The van der Waals surface area contributed by atoms with E-state index in [1.165, 1.54) is 11.3 Å². The van der Waals surface area contributed by atoms with E-state index in [1.54, 1.807) is 4.90 Å². The summed E-state index contributed by atoms with van der Waals surface area (Å²) in [5, 5.41) is 10.1. The molecule has 0 aliphatic rings. The highest BCUT2D eigenvalue weighted by Gasteiger charge is 2.16. The van der Waals surface area contributed by atoms with Crippen LogP contribution in [-0.4, -0.2) is 35.6 Å². The molecule has 0 bridgehead atoms. The van der Waals surface area contributed by atoms with Gasteiger partial charge in [0.25, 0.3) is 5.91 Å². The molecule has 0 saturated heterocycles. The molecule has 0 radical (unpaired) electrons. The van der Waals surface area contributed by atoms with Crippen molar-refractivity contribution >= 4 is 27.3 Å². The summed E-state index contributed by atoms with van der Waals surface area (Å²) in [5.74, 6) is 0.0205. The van der Waals surface area contributed by atoms with E-state index in [-0.39, 0.29) is 12.5 Å². The molecular weight excluding hydrogens is 246 g/mol. The van der Waals surface area contributed by atoms with Gasteiger partial charge in [-0.3, -0.25) is 4.79 Å². The average Bonchev–Trinajstić information content (AvgIpc) is 2.81. The summed E-state index contributed by atoms with van der Waals surface area (Å²) < 4.78 is 1.13. The SMILES string of the molecule is CCCN(CCO)C(=O)c1cc2ccccc2s1. The molecule has 18 heavy (non-hydrogen) atoms. The van der Waals surface area contributed by atoms with Crippen LogP contribution in [0.15, 0.2) is 30.3 Å². The number of carbonyl (C=O) groups is 1. The number of nitrogens with zero attached hydrogens (tertiary/aromatic N) is 1. The number of fused-ring (bicyclic) bond motifs is 1. The topological polar surface area (TPSA) is 40.5 Å². The quantitative estimate of drug-likeness (QED) is 0.901. The van der Waals surface area contributed by atoms with Crippen LogP contribution in [0.3, 0.4) is 0 Å². The van der Waals surface area contributed by atoms with E-state index in [2.05, 4.69) is 0 Å². The van der Waals surface area contributed by atoms with Crippen molar-refractivity contribution in [3.8, 4) is 0 Å². The van der Waals surface area contributed by atoms with Gasteiger partial charge < -0.3 is 10.0 Å². The molecule has 0 saturated carbocycles. The van der Waals surface area contributed by atoms with Crippen molar-refractivity contribution in [3.63, 3.8) is 0 Å².